The average Bonchev–Trinajstić information content (AvgIpc) is 3.30. The molecule has 0 radical (unpaired) electrons. The number of hydrogen-bond donors (Lipinski definition) is 2. The third kappa shape index (κ3) is 5.70. The lowest BCUT2D eigenvalue weighted by atomic mass is 9.97. The van der Waals surface area contributed by atoms with Crippen LogP contribution in [0.4, 0.5) is 25.0 Å². The van der Waals surface area contributed by atoms with Crippen molar-refractivity contribution in [2.75, 3.05) is 23.3 Å². The fourth-order valence-electron chi connectivity index (χ4n) is 3.84. The number of rotatable bonds is 7. The van der Waals surface area contributed by atoms with Crippen molar-refractivity contribution in [1.82, 2.24) is 9.97 Å². The van der Waals surface area contributed by atoms with Gasteiger partial charge in [0.15, 0.2) is 5.69 Å². The van der Waals surface area contributed by atoms with Crippen LogP contribution in [-0.2, 0) is 17.4 Å². The minimum absolute atomic E-state index is 0.176. The SMILES string of the molecule is O=C(Nc1nc(C(F)(F)F)c(C(=O)Cc2ccc(N3CCC(C(=O)O)CC3)nc2)o1)c1ccccc1. The number of carbonyl (C=O) groups is 3. The Morgan fingerprint density at radius 2 is 1.78 bits per heavy atom. The van der Waals surface area contributed by atoms with E-state index in [0.717, 1.165) is 0 Å². The van der Waals surface area contributed by atoms with Gasteiger partial charge in [-0.25, -0.2) is 4.98 Å². The van der Waals surface area contributed by atoms with Crippen LogP contribution in [0.2, 0.25) is 0 Å². The molecule has 0 aliphatic carbocycles. The van der Waals surface area contributed by atoms with E-state index in [-0.39, 0.29) is 5.56 Å². The second kappa shape index (κ2) is 10.2. The topological polar surface area (TPSA) is 126 Å². The second-order valence-electron chi connectivity index (χ2n) is 8.24. The molecule has 1 aliphatic rings. The van der Waals surface area contributed by atoms with E-state index in [1.807, 2.05) is 4.90 Å². The van der Waals surface area contributed by atoms with Crippen LogP contribution in [0.15, 0.2) is 53.1 Å². The zero-order valence-electron chi connectivity index (χ0n) is 18.8. The number of benzene rings is 1. The molecule has 1 aromatic carbocycles. The molecule has 0 saturated carbocycles. The second-order valence-corrected chi connectivity index (χ2v) is 8.24. The zero-order valence-corrected chi connectivity index (χ0v) is 18.8. The molecule has 3 aromatic rings. The number of amides is 1. The van der Waals surface area contributed by atoms with Gasteiger partial charge in [0.1, 0.15) is 5.82 Å². The summed E-state index contributed by atoms with van der Waals surface area (Å²) in [5.74, 6) is -3.37. The predicted octanol–water partition coefficient (Wildman–Crippen LogP) is 4.07. The van der Waals surface area contributed by atoms with Crippen molar-refractivity contribution in [3.05, 3.63) is 71.2 Å². The van der Waals surface area contributed by atoms with Crippen molar-refractivity contribution >= 4 is 29.5 Å². The first-order valence-corrected chi connectivity index (χ1v) is 11.0. The minimum atomic E-state index is -4.98. The molecule has 1 fully saturated rings. The van der Waals surface area contributed by atoms with E-state index in [4.69, 9.17) is 9.52 Å². The van der Waals surface area contributed by atoms with Crippen molar-refractivity contribution in [2.45, 2.75) is 25.4 Å². The lowest BCUT2D eigenvalue weighted by Crippen LogP contribution is -2.36. The van der Waals surface area contributed by atoms with Crippen molar-refractivity contribution in [3.63, 3.8) is 0 Å². The van der Waals surface area contributed by atoms with E-state index in [1.54, 1.807) is 30.3 Å². The standard InChI is InChI=1S/C24H21F3N4O5/c25-24(26,27)20-19(36-23(29-20)30-21(33)15-4-2-1-3-5-15)17(32)12-14-6-7-18(28-13-14)31-10-8-16(9-11-31)22(34)35/h1-7,13,16H,8-12H2,(H,34,35)(H,29,30,33). The molecule has 1 saturated heterocycles. The first-order valence-electron chi connectivity index (χ1n) is 11.0. The summed E-state index contributed by atoms with van der Waals surface area (Å²) in [6.45, 7) is 1.01. The first kappa shape index (κ1) is 24.9. The number of oxazole rings is 1. The third-order valence-electron chi connectivity index (χ3n) is 5.75. The largest absolute Gasteiger partial charge is 0.481 e. The highest BCUT2D eigenvalue weighted by molar-refractivity contribution is 6.03. The maximum Gasteiger partial charge on any atom is 0.437 e. The van der Waals surface area contributed by atoms with Crippen LogP contribution in [0.5, 0.6) is 0 Å². The normalized spacial score (nSPS) is 14.5. The summed E-state index contributed by atoms with van der Waals surface area (Å²) in [6.07, 6.45) is -3.08. The number of nitrogens with one attached hydrogen (secondary N) is 1. The third-order valence-corrected chi connectivity index (χ3v) is 5.75. The molecule has 0 bridgehead atoms. The average molecular weight is 502 g/mol. The summed E-state index contributed by atoms with van der Waals surface area (Å²) in [4.78, 5) is 45.5. The van der Waals surface area contributed by atoms with Gasteiger partial charge in [0.05, 0.1) is 5.92 Å². The van der Waals surface area contributed by atoms with Crippen molar-refractivity contribution in [3.8, 4) is 0 Å². The van der Waals surface area contributed by atoms with Gasteiger partial charge in [0.25, 0.3) is 5.91 Å². The van der Waals surface area contributed by atoms with Gasteiger partial charge in [-0.05, 0) is 36.6 Å². The van der Waals surface area contributed by atoms with Gasteiger partial charge in [-0.3, -0.25) is 19.7 Å². The summed E-state index contributed by atoms with van der Waals surface area (Å²) in [5.41, 5.74) is -0.999. The lowest BCUT2D eigenvalue weighted by Gasteiger charge is -2.31. The number of anilines is 2. The maximum atomic E-state index is 13.5. The van der Waals surface area contributed by atoms with Gasteiger partial charge in [0.2, 0.25) is 11.5 Å². The Balaban J connectivity index is 1.46. The Hall–Kier alpha value is -4.22. The molecule has 2 aromatic heterocycles. The fraction of sp³-hybridized carbons (Fsp3) is 0.292. The van der Waals surface area contributed by atoms with E-state index in [1.165, 1.54) is 18.3 Å². The van der Waals surface area contributed by atoms with Crippen LogP contribution in [0.3, 0.4) is 0 Å². The predicted molar refractivity (Wildman–Crippen MR) is 121 cm³/mol. The van der Waals surface area contributed by atoms with Gasteiger partial charge in [-0.2, -0.15) is 18.2 Å². The molecular formula is C24H21F3N4O5. The minimum Gasteiger partial charge on any atom is -0.481 e. The molecule has 3 heterocycles. The summed E-state index contributed by atoms with van der Waals surface area (Å²) in [7, 11) is 0. The Labute approximate surface area is 203 Å². The number of aromatic nitrogens is 2. The number of carbonyl (C=O) groups excluding carboxylic acids is 2. The molecule has 0 atom stereocenters. The molecular weight excluding hydrogens is 481 g/mol. The number of halogens is 3. The zero-order chi connectivity index (χ0) is 25.9. The molecule has 12 heteroatoms. The lowest BCUT2D eigenvalue weighted by molar-refractivity contribution is -0.142. The summed E-state index contributed by atoms with van der Waals surface area (Å²) in [6, 6.07) is 10.2. The molecule has 1 amide bonds. The number of carboxylic acid groups (broad SMARTS) is 1. The number of Topliss-reactive ketones (excluding diaryl/α,β-unsaturated/α-hetero) is 1. The molecule has 9 nitrogen and oxygen atoms in total. The van der Waals surface area contributed by atoms with Crippen LogP contribution in [-0.4, -0.2) is 45.8 Å². The van der Waals surface area contributed by atoms with E-state index < -0.39 is 53.6 Å². The fourth-order valence-corrected chi connectivity index (χ4v) is 3.84. The summed E-state index contributed by atoms with van der Waals surface area (Å²) in [5, 5.41) is 11.2. The number of ketones is 1. The number of aliphatic carboxylic acids is 1. The van der Waals surface area contributed by atoms with E-state index >= 15 is 0 Å². The highest BCUT2D eigenvalue weighted by Crippen LogP contribution is 2.34. The molecule has 0 spiro atoms. The Morgan fingerprint density at radius 1 is 1.08 bits per heavy atom. The summed E-state index contributed by atoms with van der Waals surface area (Å²) >= 11 is 0. The van der Waals surface area contributed by atoms with Gasteiger partial charge in [0, 0.05) is 31.3 Å². The molecule has 4 rings (SSSR count). The van der Waals surface area contributed by atoms with Gasteiger partial charge in [-0.15, -0.1) is 0 Å². The monoisotopic (exact) mass is 502 g/mol. The first-order chi connectivity index (χ1) is 17.1. The van der Waals surface area contributed by atoms with Crippen molar-refractivity contribution in [2.24, 2.45) is 5.92 Å². The smallest absolute Gasteiger partial charge is 0.437 e. The van der Waals surface area contributed by atoms with E-state index in [9.17, 15) is 27.6 Å². The van der Waals surface area contributed by atoms with Crippen molar-refractivity contribution < 1.29 is 37.1 Å². The van der Waals surface area contributed by atoms with Gasteiger partial charge >= 0.3 is 18.2 Å². The van der Waals surface area contributed by atoms with Gasteiger partial charge in [-0.1, -0.05) is 24.3 Å². The number of piperidine rings is 1. The molecule has 2 N–H and O–H groups in total. The Kier molecular flexibility index (Phi) is 7.04. The summed E-state index contributed by atoms with van der Waals surface area (Å²) < 4.78 is 45.6. The molecule has 36 heavy (non-hydrogen) atoms. The van der Waals surface area contributed by atoms with E-state index in [0.29, 0.717) is 37.3 Å². The number of nitrogens with zero attached hydrogens (tertiary/aromatic N) is 3. The van der Waals surface area contributed by atoms with Crippen LogP contribution < -0.4 is 10.2 Å². The van der Waals surface area contributed by atoms with Crippen LogP contribution >= 0.6 is 0 Å². The number of hydrogen-bond acceptors (Lipinski definition) is 7. The quantitative estimate of drug-likeness (QED) is 0.463. The highest BCUT2D eigenvalue weighted by atomic mass is 19.4. The van der Waals surface area contributed by atoms with Crippen LogP contribution in [0.25, 0.3) is 0 Å². The number of carboxylic acids is 1. The highest BCUT2D eigenvalue weighted by Gasteiger charge is 2.41. The van der Waals surface area contributed by atoms with E-state index in [2.05, 4.69) is 15.3 Å². The maximum absolute atomic E-state index is 13.5. The number of alkyl halides is 3. The number of pyridine rings is 1. The Bertz CT molecular complexity index is 1250. The van der Waals surface area contributed by atoms with Crippen molar-refractivity contribution in [1.29, 1.82) is 0 Å². The van der Waals surface area contributed by atoms with Crippen LogP contribution in [0.1, 0.15) is 45.0 Å². The van der Waals surface area contributed by atoms with Gasteiger partial charge < -0.3 is 14.4 Å². The molecule has 188 valence electrons. The molecule has 1 aliphatic heterocycles. The Morgan fingerprint density at radius 3 is 2.36 bits per heavy atom. The molecule has 0 unspecified atom stereocenters. The van der Waals surface area contributed by atoms with Crippen LogP contribution in [0, 0.1) is 5.92 Å².